The van der Waals surface area contributed by atoms with Gasteiger partial charge in [0.25, 0.3) is 0 Å². The summed E-state index contributed by atoms with van der Waals surface area (Å²) in [5.74, 6) is 0.0220. The third kappa shape index (κ3) is 3.32. The van der Waals surface area contributed by atoms with Crippen molar-refractivity contribution in [2.45, 2.75) is 20.8 Å². The topological polar surface area (TPSA) is 42.0 Å². The summed E-state index contributed by atoms with van der Waals surface area (Å²) in [5.41, 5.74) is 5.17. The van der Waals surface area contributed by atoms with Gasteiger partial charge in [0.1, 0.15) is 0 Å². The number of aromatic nitrogens is 1. The molecule has 0 aliphatic heterocycles. The fraction of sp³-hybridized carbons (Fsp3) is 0.158. The number of hydrogen-bond acceptors (Lipinski definition) is 4. The molecule has 0 amide bonds. The third-order valence-corrected chi connectivity index (χ3v) is 4.79. The van der Waals surface area contributed by atoms with Crippen LogP contribution in [0.3, 0.4) is 0 Å². The molecule has 0 aliphatic carbocycles. The van der Waals surface area contributed by atoms with Crippen molar-refractivity contribution >= 4 is 27.9 Å². The Morgan fingerprint density at radius 1 is 1.00 bits per heavy atom. The first-order valence-corrected chi connectivity index (χ1v) is 8.26. The van der Waals surface area contributed by atoms with Crippen LogP contribution in [0.15, 0.2) is 48.7 Å². The van der Waals surface area contributed by atoms with Crippen molar-refractivity contribution in [2.24, 2.45) is 0 Å². The van der Waals surface area contributed by atoms with Crippen LogP contribution in [0, 0.1) is 20.8 Å². The van der Waals surface area contributed by atoms with Crippen LogP contribution in [-0.2, 0) is 0 Å². The summed E-state index contributed by atoms with van der Waals surface area (Å²) < 4.78 is 0. The van der Waals surface area contributed by atoms with E-state index in [2.05, 4.69) is 36.3 Å². The van der Waals surface area contributed by atoms with E-state index in [1.54, 1.807) is 6.20 Å². The molecule has 1 aromatic heterocycles. The maximum absolute atomic E-state index is 12.6. The number of benzene rings is 2. The molecule has 3 rings (SSSR count). The van der Waals surface area contributed by atoms with Gasteiger partial charge < -0.3 is 5.32 Å². The summed E-state index contributed by atoms with van der Waals surface area (Å²) in [6.45, 7) is 6.11. The summed E-state index contributed by atoms with van der Waals surface area (Å²) in [6, 6.07) is 13.8. The van der Waals surface area contributed by atoms with E-state index in [1.807, 2.05) is 37.3 Å². The van der Waals surface area contributed by atoms with Crippen LogP contribution in [-0.4, -0.2) is 10.8 Å². The quantitative estimate of drug-likeness (QED) is 0.684. The minimum atomic E-state index is 0.0220. The first-order valence-electron chi connectivity index (χ1n) is 7.45. The predicted octanol–water partition coefficient (Wildman–Crippen LogP) is 5.04. The summed E-state index contributed by atoms with van der Waals surface area (Å²) >= 11 is 1.38. The molecule has 0 saturated carbocycles. The van der Waals surface area contributed by atoms with E-state index >= 15 is 0 Å². The van der Waals surface area contributed by atoms with E-state index in [9.17, 15) is 4.79 Å². The minimum Gasteiger partial charge on any atom is -0.332 e. The molecule has 0 unspecified atom stereocenters. The Labute approximate surface area is 140 Å². The van der Waals surface area contributed by atoms with Crippen LogP contribution in [0.4, 0.5) is 10.8 Å². The molecule has 3 aromatic rings. The molecule has 23 heavy (non-hydrogen) atoms. The number of anilines is 2. The summed E-state index contributed by atoms with van der Waals surface area (Å²) in [5, 5.41) is 4.00. The van der Waals surface area contributed by atoms with Crippen LogP contribution in [0.2, 0.25) is 0 Å². The first kappa shape index (κ1) is 15.4. The Bertz CT molecular complexity index is 867. The number of nitrogens with one attached hydrogen (secondary N) is 1. The molecule has 0 radical (unpaired) electrons. The minimum absolute atomic E-state index is 0.0220. The first-order chi connectivity index (χ1) is 11.0. The molecule has 1 N–H and O–H groups in total. The lowest BCUT2D eigenvalue weighted by Crippen LogP contribution is -2.00. The smallest absolute Gasteiger partial charge is 0.204 e. The highest BCUT2D eigenvalue weighted by atomic mass is 32.1. The molecule has 0 bridgehead atoms. The molecular formula is C19H18N2OS. The Kier molecular flexibility index (Phi) is 4.26. The zero-order valence-electron chi connectivity index (χ0n) is 13.4. The Balaban J connectivity index is 1.81. The number of ketones is 1. The Morgan fingerprint density at radius 3 is 2.52 bits per heavy atom. The average molecular weight is 322 g/mol. The summed E-state index contributed by atoms with van der Waals surface area (Å²) in [6.07, 6.45) is 1.64. The van der Waals surface area contributed by atoms with Gasteiger partial charge in [-0.3, -0.25) is 4.79 Å². The average Bonchev–Trinajstić information content (AvgIpc) is 2.99. The molecule has 0 fully saturated rings. The highest BCUT2D eigenvalue weighted by molar-refractivity contribution is 7.17. The molecule has 3 nitrogen and oxygen atoms in total. The van der Waals surface area contributed by atoms with E-state index in [-0.39, 0.29) is 5.78 Å². The van der Waals surface area contributed by atoms with Gasteiger partial charge in [0.2, 0.25) is 5.78 Å². The fourth-order valence-corrected chi connectivity index (χ4v) is 3.13. The molecule has 0 spiro atoms. The zero-order chi connectivity index (χ0) is 16.4. The number of nitrogens with zero attached hydrogens (tertiary/aromatic N) is 1. The van der Waals surface area contributed by atoms with Crippen molar-refractivity contribution in [1.82, 2.24) is 4.98 Å². The number of rotatable bonds is 4. The summed E-state index contributed by atoms with van der Waals surface area (Å²) in [4.78, 5) is 17.5. The van der Waals surface area contributed by atoms with Crippen molar-refractivity contribution in [1.29, 1.82) is 0 Å². The van der Waals surface area contributed by atoms with Gasteiger partial charge in [-0.05, 0) is 49.6 Å². The van der Waals surface area contributed by atoms with Crippen LogP contribution >= 0.6 is 11.3 Å². The highest BCUT2D eigenvalue weighted by Crippen LogP contribution is 2.26. The van der Waals surface area contributed by atoms with E-state index in [1.165, 1.54) is 22.5 Å². The number of thiazole rings is 1. The van der Waals surface area contributed by atoms with E-state index in [4.69, 9.17) is 0 Å². The van der Waals surface area contributed by atoms with Crippen LogP contribution in [0.25, 0.3) is 0 Å². The van der Waals surface area contributed by atoms with Crippen LogP contribution in [0.1, 0.15) is 31.9 Å². The van der Waals surface area contributed by atoms with Gasteiger partial charge in [-0.25, -0.2) is 4.98 Å². The van der Waals surface area contributed by atoms with Gasteiger partial charge in [0.15, 0.2) is 5.13 Å². The van der Waals surface area contributed by atoms with Crippen molar-refractivity contribution in [2.75, 3.05) is 5.32 Å². The normalized spacial score (nSPS) is 10.6. The lowest BCUT2D eigenvalue weighted by molar-refractivity contribution is 0.104. The van der Waals surface area contributed by atoms with E-state index in [0.29, 0.717) is 4.88 Å². The van der Waals surface area contributed by atoms with Gasteiger partial charge in [-0.1, -0.05) is 41.7 Å². The maximum Gasteiger partial charge on any atom is 0.204 e. The van der Waals surface area contributed by atoms with Gasteiger partial charge in [-0.15, -0.1) is 0 Å². The zero-order valence-corrected chi connectivity index (χ0v) is 14.2. The van der Waals surface area contributed by atoms with Gasteiger partial charge >= 0.3 is 0 Å². The van der Waals surface area contributed by atoms with E-state index < -0.39 is 0 Å². The molecule has 0 atom stereocenters. The third-order valence-electron chi connectivity index (χ3n) is 3.88. The highest BCUT2D eigenvalue weighted by Gasteiger charge is 2.14. The van der Waals surface area contributed by atoms with Crippen molar-refractivity contribution < 1.29 is 4.79 Å². The second-order valence-corrected chi connectivity index (χ2v) is 6.63. The predicted molar refractivity (Wildman–Crippen MR) is 95.9 cm³/mol. The molecule has 0 aliphatic rings. The van der Waals surface area contributed by atoms with Gasteiger partial charge in [0, 0.05) is 11.3 Å². The number of aryl methyl sites for hydroxylation is 3. The van der Waals surface area contributed by atoms with E-state index in [0.717, 1.165) is 21.9 Å². The molecule has 1 heterocycles. The van der Waals surface area contributed by atoms with Crippen molar-refractivity contribution in [3.8, 4) is 0 Å². The number of hydrogen-bond donors (Lipinski definition) is 1. The molecule has 4 heteroatoms. The maximum atomic E-state index is 12.6. The van der Waals surface area contributed by atoms with Gasteiger partial charge in [0.05, 0.1) is 11.1 Å². The molecule has 2 aromatic carbocycles. The monoisotopic (exact) mass is 322 g/mol. The standard InChI is InChI=1S/C19H18N2OS/c1-12-8-9-15(10-14(12)3)21-19-20-11-17(23-19)18(22)16-7-5-4-6-13(16)2/h4-11H,1-3H3,(H,20,21). The van der Waals surface area contributed by atoms with Crippen molar-refractivity contribution in [3.63, 3.8) is 0 Å². The van der Waals surface area contributed by atoms with Crippen LogP contribution in [0.5, 0.6) is 0 Å². The fourth-order valence-electron chi connectivity index (χ4n) is 2.34. The van der Waals surface area contributed by atoms with Gasteiger partial charge in [-0.2, -0.15) is 0 Å². The Morgan fingerprint density at radius 2 is 1.78 bits per heavy atom. The second-order valence-electron chi connectivity index (χ2n) is 5.60. The second kappa shape index (κ2) is 6.34. The molecule has 0 saturated heterocycles. The molecule has 116 valence electrons. The number of carbonyl (C=O) groups excluding carboxylic acids is 1. The van der Waals surface area contributed by atoms with Crippen molar-refractivity contribution in [3.05, 3.63) is 75.8 Å². The summed E-state index contributed by atoms with van der Waals surface area (Å²) in [7, 11) is 0. The lowest BCUT2D eigenvalue weighted by atomic mass is 10.0. The lowest BCUT2D eigenvalue weighted by Gasteiger charge is -2.05. The SMILES string of the molecule is Cc1ccc(Nc2ncc(C(=O)c3ccccc3C)s2)cc1C. The largest absolute Gasteiger partial charge is 0.332 e. The Hall–Kier alpha value is -2.46. The number of carbonyl (C=O) groups is 1. The van der Waals surface area contributed by atoms with Crippen LogP contribution < -0.4 is 5.32 Å². The molecular weight excluding hydrogens is 304 g/mol.